The Hall–Kier alpha value is -1.84. The lowest BCUT2D eigenvalue weighted by molar-refractivity contribution is -0.112. The molecule has 1 heterocycles. The van der Waals surface area contributed by atoms with Gasteiger partial charge in [0.1, 0.15) is 12.0 Å². The van der Waals surface area contributed by atoms with Gasteiger partial charge in [-0.05, 0) is 37.8 Å². The summed E-state index contributed by atoms with van der Waals surface area (Å²) in [6.07, 6.45) is 7.23. The fraction of sp³-hybridized carbons (Fsp3) is 0.467. The number of fused-ring (bicyclic) bond motifs is 1. The van der Waals surface area contributed by atoms with Crippen molar-refractivity contribution in [3.05, 3.63) is 24.4 Å². The standard InChI is InChI=1S/C15H18N2O2/c1-19-14-7-4-12-9-17(16-15(12)8-14)13-5-2-11(10-18)3-6-13/h4,7-11,13H,2-3,5-6H2,1H3. The number of benzene rings is 1. The van der Waals surface area contributed by atoms with Gasteiger partial charge in [-0.15, -0.1) is 0 Å². The fourth-order valence-corrected chi connectivity index (χ4v) is 2.83. The van der Waals surface area contributed by atoms with Gasteiger partial charge in [0.2, 0.25) is 0 Å². The van der Waals surface area contributed by atoms with Gasteiger partial charge in [0, 0.05) is 23.6 Å². The van der Waals surface area contributed by atoms with Gasteiger partial charge in [0.15, 0.2) is 0 Å². The SMILES string of the molecule is COc1ccc2cn(C3CCC(C=O)CC3)nc2c1. The van der Waals surface area contributed by atoms with E-state index in [9.17, 15) is 4.79 Å². The van der Waals surface area contributed by atoms with Crippen LogP contribution in [0.25, 0.3) is 10.9 Å². The van der Waals surface area contributed by atoms with Crippen LogP contribution in [0.5, 0.6) is 5.75 Å². The zero-order valence-corrected chi connectivity index (χ0v) is 11.1. The zero-order chi connectivity index (χ0) is 13.2. The smallest absolute Gasteiger partial charge is 0.123 e. The van der Waals surface area contributed by atoms with Gasteiger partial charge in [0.05, 0.1) is 18.7 Å². The molecule has 0 saturated heterocycles. The number of carbonyl (C=O) groups is 1. The van der Waals surface area contributed by atoms with Crippen LogP contribution in [-0.4, -0.2) is 23.2 Å². The first kappa shape index (κ1) is 12.2. The van der Waals surface area contributed by atoms with Crippen molar-refractivity contribution in [1.82, 2.24) is 9.78 Å². The number of methoxy groups -OCH3 is 1. The summed E-state index contributed by atoms with van der Waals surface area (Å²) >= 11 is 0. The van der Waals surface area contributed by atoms with Gasteiger partial charge in [-0.25, -0.2) is 0 Å². The Kier molecular flexibility index (Phi) is 3.23. The van der Waals surface area contributed by atoms with E-state index < -0.39 is 0 Å². The molecule has 3 rings (SSSR count). The van der Waals surface area contributed by atoms with Crippen molar-refractivity contribution in [2.45, 2.75) is 31.7 Å². The van der Waals surface area contributed by atoms with Crippen LogP contribution in [0, 0.1) is 5.92 Å². The summed E-state index contributed by atoms with van der Waals surface area (Å²) in [6, 6.07) is 6.38. The van der Waals surface area contributed by atoms with Crippen LogP contribution >= 0.6 is 0 Å². The lowest BCUT2D eigenvalue weighted by Crippen LogP contribution is -2.19. The summed E-state index contributed by atoms with van der Waals surface area (Å²) in [7, 11) is 1.67. The number of hydrogen-bond donors (Lipinski definition) is 0. The minimum Gasteiger partial charge on any atom is -0.497 e. The quantitative estimate of drug-likeness (QED) is 0.795. The Morgan fingerprint density at radius 3 is 2.79 bits per heavy atom. The van der Waals surface area contributed by atoms with Crippen LogP contribution in [0.15, 0.2) is 24.4 Å². The highest BCUT2D eigenvalue weighted by atomic mass is 16.5. The highest BCUT2D eigenvalue weighted by Crippen LogP contribution is 2.32. The molecule has 1 aliphatic rings. The predicted molar refractivity (Wildman–Crippen MR) is 73.3 cm³/mol. The molecule has 1 saturated carbocycles. The average molecular weight is 258 g/mol. The van der Waals surface area contributed by atoms with E-state index in [-0.39, 0.29) is 5.92 Å². The van der Waals surface area contributed by atoms with Crippen LogP contribution in [0.3, 0.4) is 0 Å². The average Bonchev–Trinajstić information content (AvgIpc) is 2.90. The molecule has 0 amide bonds. The molecule has 2 aromatic rings. The molecule has 4 heteroatoms. The van der Waals surface area contributed by atoms with Crippen molar-refractivity contribution in [2.75, 3.05) is 7.11 Å². The molecule has 1 aliphatic carbocycles. The molecule has 0 unspecified atom stereocenters. The molecule has 0 N–H and O–H groups in total. The van der Waals surface area contributed by atoms with Gasteiger partial charge in [-0.3, -0.25) is 4.68 Å². The summed E-state index contributed by atoms with van der Waals surface area (Å²) in [5.74, 6) is 1.09. The van der Waals surface area contributed by atoms with Crippen molar-refractivity contribution in [2.24, 2.45) is 5.92 Å². The molecule has 19 heavy (non-hydrogen) atoms. The second-order valence-electron chi connectivity index (χ2n) is 5.24. The Labute approximate surface area is 112 Å². The molecular weight excluding hydrogens is 240 g/mol. The van der Waals surface area contributed by atoms with E-state index in [1.165, 1.54) is 0 Å². The Morgan fingerprint density at radius 1 is 1.32 bits per heavy atom. The third-order valence-electron chi connectivity index (χ3n) is 4.04. The molecule has 0 aliphatic heterocycles. The minimum absolute atomic E-state index is 0.251. The fourth-order valence-electron chi connectivity index (χ4n) is 2.83. The normalized spacial score (nSPS) is 23.4. The van der Waals surface area contributed by atoms with E-state index in [1.54, 1.807) is 7.11 Å². The summed E-state index contributed by atoms with van der Waals surface area (Å²) in [6.45, 7) is 0. The molecule has 4 nitrogen and oxygen atoms in total. The molecule has 1 aromatic carbocycles. The number of hydrogen-bond acceptors (Lipinski definition) is 3. The lowest BCUT2D eigenvalue weighted by Gasteiger charge is -2.25. The third kappa shape index (κ3) is 2.35. The molecular formula is C15H18N2O2. The third-order valence-corrected chi connectivity index (χ3v) is 4.04. The predicted octanol–water partition coefficient (Wildman–Crippen LogP) is 2.98. The largest absolute Gasteiger partial charge is 0.497 e. The van der Waals surface area contributed by atoms with Crippen molar-refractivity contribution >= 4 is 17.2 Å². The van der Waals surface area contributed by atoms with Crippen molar-refractivity contribution in [1.29, 1.82) is 0 Å². The molecule has 1 aromatic heterocycles. The monoisotopic (exact) mass is 258 g/mol. The molecule has 0 bridgehead atoms. The van der Waals surface area contributed by atoms with Gasteiger partial charge in [-0.1, -0.05) is 0 Å². The van der Waals surface area contributed by atoms with Crippen molar-refractivity contribution in [3.63, 3.8) is 0 Å². The molecule has 0 spiro atoms. The first-order valence-electron chi connectivity index (χ1n) is 6.78. The number of aromatic nitrogens is 2. The number of ether oxygens (including phenoxy) is 1. The highest BCUT2D eigenvalue weighted by molar-refractivity contribution is 5.79. The topological polar surface area (TPSA) is 44.1 Å². The van der Waals surface area contributed by atoms with E-state index in [1.807, 2.05) is 18.2 Å². The summed E-state index contributed by atoms with van der Waals surface area (Å²) in [5, 5.41) is 5.78. The van der Waals surface area contributed by atoms with E-state index in [0.29, 0.717) is 6.04 Å². The number of rotatable bonds is 3. The minimum atomic E-state index is 0.251. The first-order chi connectivity index (χ1) is 9.30. The van der Waals surface area contributed by atoms with Crippen LogP contribution in [0.2, 0.25) is 0 Å². The Bertz CT molecular complexity index is 583. The van der Waals surface area contributed by atoms with E-state index >= 15 is 0 Å². The van der Waals surface area contributed by atoms with Crippen LogP contribution in [-0.2, 0) is 4.79 Å². The number of carbonyl (C=O) groups excluding carboxylic acids is 1. The van der Waals surface area contributed by atoms with Crippen LogP contribution in [0.1, 0.15) is 31.7 Å². The Morgan fingerprint density at radius 2 is 2.11 bits per heavy atom. The summed E-state index contributed by atoms with van der Waals surface area (Å²) < 4.78 is 7.28. The maximum atomic E-state index is 10.8. The maximum Gasteiger partial charge on any atom is 0.123 e. The summed E-state index contributed by atoms with van der Waals surface area (Å²) in [5.41, 5.74) is 0.969. The molecule has 0 radical (unpaired) electrons. The Balaban J connectivity index is 1.83. The second-order valence-corrected chi connectivity index (χ2v) is 5.24. The number of aldehydes is 1. The van der Waals surface area contributed by atoms with Gasteiger partial charge >= 0.3 is 0 Å². The molecule has 1 fully saturated rings. The molecule has 100 valence electrons. The van der Waals surface area contributed by atoms with Crippen LogP contribution < -0.4 is 4.74 Å². The highest BCUT2D eigenvalue weighted by Gasteiger charge is 2.22. The maximum absolute atomic E-state index is 10.8. The molecule has 0 atom stereocenters. The second kappa shape index (κ2) is 5.03. The van der Waals surface area contributed by atoms with Gasteiger partial charge in [-0.2, -0.15) is 5.10 Å². The first-order valence-corrected chi connectivity index (χ1v) is 6.78. The van der Waals surface area contributed by atoms with Gasteiger partial charge < -0.3 is 9.53 Å². The van der Waals surface area contributed by atoms with E-state index in [4.69, 9.17) is 4.74 Å². The number of nitrogens with zero attached hydrogens (tertiary/aromatic N) is 2. The van der Waals surface area contributed by atoms with Gasteiger partial charge in [0.25, 0.3) is 0 Å². The van der Waals surface area contributed by atoms with Crippen molar-refractivity contribution in [3.8, 4) is 5.75 Å². The van der Waals surface area contributed by atoms with Crippen molar-refractivity contribution < 1.29 is 9.53 Å². The van der Waals surface area contributed by atoms with E-state index in [0.717, 1.165) is 48.6 Å². The summed E-state index contributed by atoms with van der Waals surface area (Å²) in [4.78, 5) is 10.8. The van der Waals surface area contributed by atoms with Crippen LogP contribution in [0.4, 0.5) is 0 Å². The lowest BCUT2D eigenvalue weighted by atomic mass is 9.87. The van der Waals surface area contributed by atoms with E-state index in [2.05, 4.69) is 16.0 Å². The zero-order valence-electron chi connectivity index (χ0n) is 11.1.